The Bertz CT molecular complexity index is 504. The van der Waals surface area contributed by atoms with Gasteiger partial charge in [0.05, 0.1) is 14.5 Å². The van der Waals surface area contributed by atoms with Gasteiger partial charge in [-0.1, -0.05) is 28.7 Å². The summed E-state index contributed by atoms with van der Waals surface area (Å²) >= 11 is 2.14. The monoisotopic (exact) mass is 360 g/mol. The van der Waals surface area contributed by atoms with E-state index in [1.165, 1.54) is 12.1 Å². The molecule has 0 fully saturated rings. The van der Waals surface area contributed by atoms with Crippen LogP contribution in [0.1, 0.15) is 18.9 Å². The van der Waals surface area contributed by atoms with Crippen LogP contribution in [0.3, 0.4) is 0 Å². The van der Waals surface area contributed by atoms with E-state index in [2.05, 4.69) is 22.6 Å². The molecule has 96 valence electrons. The first-order valence-corrected chi connectivity index (χ1v) is 7.02. The van der Waals surface area contributed by atoms with Crippen molar-refractivity contribution in [2.24, 2.45) is 0 Å². The summed E-state index contributed by atoms with van der Waals surface area (Å²) in [5.74, 6) is 0.0392. The molecule has 1 aromatic rings. The van der Waals surface area contributed by atoms with Crippen molar-refractivity contribution in [1.29, 1.82) is 0 Å². The fourth-order valence-electron chi connectivity index (χ4n) is 2.15. The van der Waals surface area contributed by atoms with Gasteiger partial charge in [-0.25, -0.2) is 0 Å². The van der Waals surface area contributed by atoms with E-state index in [0.717, 1.165) is 18.4 Å². The lowest BCUT2D eigenvalue weighted by Crippen LogP contribution is -2.35. The minimum atomic E-state index is -0.426. The maximum Gasteiger partial charge on any atom is 0.271 e. The van der Waals surface area contributed by atoms with Gasteiger partial charge in [-0.15, -0.1) is 0 Å². The van der Waals surface area contributed by atoms with Gasteiger partial charge in [0.2, 0.25) is 5.91 Å². The molecule has 6 heteroatoms. The summed E-state index contributed by atoms with van der Waals surface area (Å²) in [6.45, 7) is 2.42. The molecule has 1 aromatic carbocycles. The summed E-state index contributed by atoms with van der Waals surface area (Å²) < 4.78 is -0.0611. The number of hydrogen-bond donors (Lipinski definition) is 0. The second kappa shape index (κ2) is 5.21. The summed E-state index contributed by atoms with van der Waals surface area (Å²) in [5.41, 5.74) is 1.73. The van der Waals surface area contributed by atoms with Crippen molar-refractivity contribution in [2.75, 3.05) is 11.4 Å². The van der Waals surface area contributed by atoms with Crippen LogP contribution in [-0.2, 0) is 11.2 Å². The first-order valence-electron chi connectivity index (χ1n) is 5.77. The number of carbonyl (C=O) groups excluding carboxylic acids is 1. The van der Waals surface area contributed by atoms with Crippen molar-refractivity contribution in [1.82, 2.24) is 0 Å². The number of non-ortho nitro benzene ring substituents is 1. The Labute approximate surface area is 118 Å². The first-order chi connectivity index (χ1) is 8.54. The van der Waals surface area contributed by atoms with Crippen LogP contribution in [0.15, 0.2) is 18.2 Å². The SMILES string of the molecule is CCN1C(=O)C(I)CCc2ccc([N+](=O)[O-])cc21. The zero-order chi connectivity index (χ0) is 13.3. The molecule has 0 aromatic heterocycles. The van der Waals surface area contributed by atoms with Crippen LogP contribution in [-0.4, -0.2) is 21.3 Å². The Morgan fingerprint density at radius 3 is 2.89 bits per heavy atom. The van der Waals surface area contributed by atoms with E-state index in [1.54, 1.807) is 11.0 Å². The first kappa shape index (κ1) is 13.3. The Kier molecular flexibility index (Phi) is 3.84. The lowest BCUT2D eigenvalue weighted by molar-refractivity contribution is -0.384. The maximum atomic E-state index is 12.2. The Hall–Kier alpha value is -1.18. The normalized spacial score (nSPS) is 19.3. The molecule has 0 saturated carbocycles. The van der Waals surface area contributed by atoms with Gasteiger partial charge in [0.1, 0.15) is 0 Å². The molecule has 1 unspecified atom stereocenters. The molecule has 18 heavy (non-hydrogen) atoms. The number of anilines is 1. The summed E-state index contributed by atoms with van der Waals surface area (Å²) in [6.07, 6.45) is 1.56. The zero-order valence-electron chi connectivity index (χ0n) is 9.93. The van der Waals surface area contributed by atoms with Crippen molar-refractivity contribution in [2.45, 2.75) is 23.7 Å². The van der Waals surface area contributed by atoms with E-state index in [9.17, 15) is 14.9 Å². The van der Waals surface area contributed by atoms with Crippen molar-refractivity contribution >= 4 is 39.9 Å². The highest BCUT2D eigenvalue weighted by Crippen LogP contribution is 2.32. The number of halogens is 1. The topological polar surface area (TPSA) is 63.5 Å². The molecule has 1 amide bonds. The standard InChI is InChI=1S/C12H13IN2O3/c1-2-14-11-7-9(15(17)18)5-3-8(11)4-6-10(13)12(14)16/h3,5,7,10H,2,4,6H2,1H3. The zero-order valence-corrected chi connectivity index (χ0v) is 12.1. The third-order valence-corrected chi connectivity index (χ3v) is 4.24. The number of nitro benzene ring substituents is 1. The van der Waals surface area contributed by atoms with Crippen molar-refractivity contribution < 1.29 is 9.72 Å². The molecule has 0 spiro atoms. The van der Waals surface area contributed by atoms with Gasteiger partial charge in [0.15, 0.2) is 0 Å². The van der Waals surface area contributed by atoms with Gasteiger partial charge in [-0.2, -0.15) is 0 Å². The van der Waals surface area contributed by atoms with Gasteiger partial charge < -0.3 is 4.90 Å². The maximum absolute atomic E-state index is 12.2. The number of amides is 1. The number of fused-ring (bicyclic) bond motifs is 1. The molecule has 0 radical (unpaired) electrons. The van der Waals surface area contributed by atoms with E-state index in [0.29, 0.717) is 12.2 Å². The fourth-order valence-corrected chi connectivity index (χ4v) is 2.80. The highest BCUT2D eigenvalue weighted by molar-refractivity contribution is 14.1. The van der Waals surface area contributed by atoms with Gasteiger partial charge in [-0.05, 0) is 25.3 Å². The predicted molar refractivity (Wildman–Crippen MR) is 77.3 cm³/mol. The van der Waals surface area contributed by atoms with Gasteiger partial charge >= 0.3 is 0 Å². The molecule has 2 rings (SSSR count). The lowest BCUT2D eigenvalue weighted by atomic mass is 10.1. The van der Waals surface area contributed by atoms with Gasteiger partial charge in [-0.3, -0.25) is 14.9 Å². The largest absolute Gasteiger partial charge is 0.311 e. The van der Waals surface area contributed by atoms with E-state index >= 15 is 0 Å². The van der Waals surface area contributed by atoms with Crippen LogP contribution in [0.5, 0.6) is 0 Å². The number of nitrogens with zero attached hydrogens (tertiary/aromatic N) is 2. The molecular weight excluding hydrogens is 347 g/mol. The number of nitro groups is 1. The van der Waals surface area contributed by atoms with Crippen LogP contribution in [0, 0.1) is 10.1 Å². The van der Waals surface area contributed by atoms with Crippen molar-refractivity contribution in [3.63, 3.8) is 0 Å². The van der Waals surface area contributed by atoms with E-state index in [1.807, 2.05) is 6.92 Å². The summed E-state index contributed by atoms with van der Waals surface area (Å²) in [7, 11) is 0. The Morgan fingerprint density at radius 2 is 2.28 bits per heavy atom. The molecule has 0 aliphatic carbocycles. The average Bonchev–Trinajstić information content (AvgIpc) is 2.47. The van der Waals surface area contributed by atoms with Gasteiger partial charge in [0.25, 0.3) is 5.69 Å². The number of alkyl halides is 1. The average molecular weight is 360 g/mol. The van der Waals surface area contributed by atoms with Crippen LogP contribution in [0.2, 0.25) is 0 Å². The third kappa shape index (κ3) is 2.33. The van der Waals surface area contributed by atoms with Crippen LogP contribution < -0.4 is 4.90 Å². The van der Waals surface area contributed by atoms with Crippen molar-refractivity contribution in [3.05, 3.63) is 33.9 Å². The number of aryl methyl sites for hydroxylation is 1. The number of hydrogen-bond acceptors (Lipinski definition) is 3. The fraction of sp³-hybridized carbons (Fsp3) is 0.417. The molecule has 0 saturated heterocycles. The summed E-state index contributed by atoms with van der Waals surface area (Å²) in [4.78, 5) is 24.2. The lowest BCUT2D eigenvalue weighted by Gasteiger charge is -2.22. The molecule has 0 bridgehead atoms. The minimum absolute atomic E-state index is 0.0342. The molecule has 5 nitrogen and oxygen atoms in total. The molecule has 1 aliphatic heterocycles. The summed E-state index contributed by atoms with van der Waals surface area (Å²) in [6, 6.07) is 4.77. The molecular formula is C12H13IN2O3. The number of carbonyl (C=O) groups is 1. The predicted octanol–water partition coefficient (Wildman–Crippen LogP) is 2.70. The van der Waals surface area contributed by atoms with Crippen molar-refractivity contribution in [3.8, 4) is 0 Å². The van der Waals surface area contributed by atoms with Crippen LogP contribution in [0.25, 0.3) is 0 Å². The van der Waals surface area contributed by atoms with E-state index in [-0.39, 0.29) is 15.5 Å². The Balaban J connectivity index is 2.52. The second-order valence-electron chi connectivity index (χ2n) is 4.16. The minimum Gasteiger partial charge on any atom is -0.311 e. The van der Waals surface area contributed by atoms with Gasteiger partial charge in [0, 0.05) is 18.7 Å². The molecule has 0 N–H and O–H groups in total. The highest BCUT2D eigenvalue weighted by atomic mass is 127. The van der Waals surface area contributed by atoms with E-state index in [4.69, 9.17) is 0 Å². The highest BCUT2D eigenvalue weighted by Gasteiger charge is 2.28. The number of benzene rings is 1. The van der Waals surface area contributed by atoms with Crippen LogP contribution >= 0.6 is 22.6 Å². The second-order valence-corrected chi connectivity index (χ2v) is 5.66. The molecule has 1 heterocycles. The molecule has 1 aliphatic rings. The van der Waals surface area contributed by atoms with Crippen LogP contribution in [0.4, 0.5) is 11.4 Å². The Morgan fingerprint density at radius 1 is 1.56 bits per heavy atom. The quantitative estimate of drug-likeness (QED) is 0.353. The smallest absolute Gasteiger partial charge is 0.271 e. The van der Waals surface area contributed by atoms with E-state index < -0.39 is 4.92 Å². The third-order valence-electron chi connectivity index (χ3n) is 3.09. The number of rotatable bonds is 2. The molecule has 1 atom stereocenters. The summed E-state index contributed by atoms with van der Waals surface area (Å²) in [5, 5.41) is 10.8.